The number of halogens is 1. The molecule has 1 aliphatic carbocycles. The van der Waals surface area contributed by atoms with E-state index in [4.69, 9.17) is 11.6 Å². The third kappa shape index (κ3) is 3.83. The second-order valence-corrected chi connectivity index (χ2v) is 7.83. The van der Waals surface area contributed by atoms with Crippen LogP contribution in [0.15, 0.2) is 53.5 Å². The molecule has 4 nitrogen and oxygen atoms in total. The number of hydrogen-bond acceptors (Lipinski definition) is 2. The zero-order chi connectivity index (χ0) is 19.7. The summed E-state index contributed by atoms with van der Waals surface area (Å²) in [5, 5.41) is 4.60. The van der Waals surface area contributed by atoms with Gasteiger partial charge in [0.1, 0.15) is 0 Å². The molecule has 2 aromatic carbocycles. The highest BCUT2D eigenvalue weighted by atomic mass is 35.5. The minimum absolute atomic E-state index is 0.0759. The first kappa shape index (κ1) is 18.8. The molecule has 28 heavy (non-hydrogen) atoms. The zero-order valence-corrected chi connectivity index (χ0v) is 16.6. The molecule has 1 N–H and O–H groups in total. The minimum atomic E-state index is -0.0825. The number of alkyl halides is 1. The maximum Gasteiger partial charge on any atom is 0.262 e. The largest absolute Gasteiger partial charge is 0.349 e. The van der Waals surface area contributed by atoms with Gasteiger partial charge in [0.2, 0.25) is 0 Å². The summed E-state index contributed by atoms with van der Waals surface area (Å²) in [6.07, 6.45) is 5.60. The predicted octanol–water partition coefficient (Wildman–Crippen LogP) is 4.36. The van der Waals surface area contributed by atoms with Crippen molar-refractivity contribution < 1.29 is 4.79 Å². The Balaban J connectivity index is 1.76. The number of pyridine rings is 1. The first-order chi connectivity index (χ1) is 13.6. The van der Waals surface area contributed by atoms with Gasteiger partial charge in [-0.05, 0) is 73.4 Å². The van der Waals surface area contributed by atoms with E-state index in [0.717, 1.165) is 47.9 Å². The monoisotopic (exact) mass is 394 g/mol. The molecule has 1 fully saturated rings. The van der Waals surface area contributed by atoms with Gasteiger partial charge in [-0.1, -0.05) is 18.2 Å². The molecule has 0 bridgehead atoms. The summed E-state index contributed by atoms with van der Waals surface area (Å²) in [5.41, 5.74) is 3.30. The number of aryl methyl sites for hydroxylation is 2. The fraction of sp³-hybridized carbons (Fsp3) is 0.304. The van der Waals surface area contributed by atoms with Gasteiger partial charge in [0.25, 0.3) is 11.5 Å². The Labute approximate surface area is 169 Å². The number of rotatable bonds is 6. The minimum Gasteiger partial charge on any atom is -0.349 e. The van der Waals surface area contributed by atoms with Crippen LogP contribution in [0.4, 0.5) is 0 Å². The van der Waals surface area contributed by atoms with Crippen molar-refractivity contribution in [2.24, 2.45) is 0 Å². The van der Waals surface area contributed by atoms with Crippen molar-refractivity contribution in [3.8, 4) is 5.69 Å². The summed E-state index contributed by atoms with van der Waals surface area (Å²) in [6, 6.07) is 13.7. The first-order valence-electron chi connectivity index (χ1n) is 9.69. The number of aromatic nitrogens is 1. The highest BCUT2D eigenvalue weighted by Crippen LogP contribution is 2.21. The van der Waals surface area contributed by atoms with E-state index in [9.17, 15) is 9.59 Å². The van der Waals surface area contributed by atoms with E-state index in [1.54, 1.807) is 16.8 Å². The van der Waals surface area contributed by atoms with Crippen molar-refractivity contribution in [3.05, 3.63) is 75.7 Å². The van der Waals surface area contributed by atoms with Gasteiger partial charge in [0.05, 0.1) is 5.69 Å². The lowest BCUT2D eigenvalue weighted by Crippen LogP contribution is -2.26. The van der Waals surface area contributed by atoms with Crippen molar-refractivity contribution in [2.75, 3.05) is 5.88 Å². The molecule has 144 valence electrons. The van der Waals surface area contributed by atoms with Crippen molar-refractivity contribution in [2.45, 2.75) is 38.6 Å². The van der Waals surface area contributed by atoms with Gasteiger partial charge in [-0.25, -0.2) is 0 Å². The molecule has 4 rings (SSSR count). The van der Waals surface area contributed by atoms with Crippen LogP contribution in [0.3, 0.4) is 0 Å². The van der Waals surface area contributed by atoms with Gasteiger partial charge in [0.15, 0.2) is 0 Å². The van der Waals surface area contributed by atoms with Crippen LogP contribution in [0.25, 0.3) is 16.5 Å². The molecule has 1 heterocycles. The summed E-state index contributed by atoms with van der Waals surface area (Å²) in [6.45, 7) is 1.95. The van der Waals surface area contributed by atoms with E-state index in [2.05, 4.69) is 5.32 Å². The zero-order valence-electron chi connectivity index (χ0n) is 15.9. The van der Waals surface area contributed by atoms with Crippen LogP contribution < -0.4 is 10.9 Å². The van der Waals surface area contributed by atoms with Gasteiger partial charge >= 0.3 is 0 Å². The summed E-state index contributed by atoms with van der Waals surface area (Å²) in [5.74, 6) is 0.521. The molecule has 0 radical (unpaired) electrons. The molecule has 1 aliphatic rings. The molecule has 0 spiro atoms. The molecular weight excluding hydrogens is 372 g/mol. The fourth-order valence-electron chi connectivity index (χ4n) is 3.41. The maximum atomic E-state index is 13.2. The topological polar surface area (TPSA) is 51.1 Å². The fourth-order valence-corrected chi connectivity index (χ4v) is 3.54. The SMILES string of the molecule is Cc1ccc(C(=O)NC2CC2)cc1-n1ccc2ccc(CCCCl)cc2c1=O. The molecule has 5 heteroatoms. The van der Waals surface area contributed by atoms with Gasteiger partial charge < -0.3 is 5.32 Å². The normalized spacial score (nSPS) is 13.6. The second-order valence-electron chi connectivity index (χ2n) is 7.45. The Morgan fingerprint density at radius 3 is 2.75 bits per heavy atom. The lowest BCUT2D eigenvalue weighted by molar-refractivity contribution is 0.0951. The Morgan fingerprint density at radius 1 is 1.18 bits per heavy atom. The Bertz CT molecular complexity index is 1100. The standard InChI is InChI=1S/C23H23ClN2O2/c1-15-4-6-18(22(27)25-19-8-9-19)14-21(15)26-12-10-17-7-5-16(3-2-11-24)13-20(17)23(26)28/h4-7,10,12-14,19H,2-3,8-9,11H2,1H3,(H,25,27). The number of hydrogen-bond donors (Lipinski definition) is 1. The molecule has 0 atom stereocenters. The van der Waals surface area contributed by atoms with Crippen LogP contribution in [-0.2, 0) is 6.42 Å². The van der Waals surface area contributed by atoms with E-state index in [1.165, 1.54) is 0 Å². The first-order valence-corrected chi connectivity index (χ1v) is 10.2. The van der Waals surface area contributed by atoms with Crippen LogP contribution in [0.5, 0.6) is 0 Å². The van der Waals surface area contributed by atoms with E-state index < -0.39 is 0 Å². The molecular formula is C23H23ClN2O2. The molecule has 0 unspecified atom stereocenters. The highest BCUT2D eigenvalue weighted by Gasteiger charge is 2.24. The Morgan fingerprint density at radius 2 is 2.00 bits per heavy atom. The number of fused-ring (bicyclic) bond motifs is 1. The van der Waals surface area contributed by atoms with E-state index >= 15 is 0 Å². The molecule has 3 aromatic rings. The van der Waals surface area contributed by atoms with E-state index in [0.29, 0.717) is 22.9 Å². The van der Waals surface area contributed by atoms with Crippen LogP contribution in [0.2, 0.25) is 0 Å². The third-order valence-corrected chi connectivity index (χ3v) is 5.48. The van der Waals surface area contributed by atoms with E-state index in [1.807, 2.05) is 43.3 Å². The van der Waals surface area contributed by atoms with Crippen molar-refractivity contribution in [1.82, 2.24) is 9.88 Å². The van der Waals surface area contributed by atoms with Gasteiger partial charge in [-0.3, -0.25) is 14.2 Å². The summed E-state index contributed by atoms with van der Waals surface area (Å²) in [4.78, 5) is 25.6. The number of carbonyl (C=O) groups is 1. The third-order valence-electron chi connectivity index (χ3n) is 5.21. The summed E-state index contributed by atoms with van der Waals surface area (Å²) in [7, 11) is 0. The van der Waals surface area contributed by atoms with E-state index in [-0.39, 0.29) is 11.5 Å². The number of nitrogens with one attached hydrogen (secondary N) is 1. The van der Waals surface area contributed by atoms with Crippen LogP contribution in [-0.4, -0.2) is 22.4 Å². The Kier molecular flexibility index (Phi) is 5.23. The van der Waals surface area contributed by atoms with Gasteiger partial charge in [-0.15, -0.1) is 11.6 Å². The maximum absolute atomic E-state index is 13.2. The lowest BCUT2D eigenvalue weighted by Gasteiger charge is -2.13. The molecule has 0 saturated heterocycles. The smallest absolute Gasteiger partial charge is 0.262 e. The average molecular weight is 395 g/mol. The molecule has 1 amide bonds. The van der Waals surface area contributed by atoms with Crippen molar-refractivity contribution >= 4 is 28.3 Å². The van der Waals surface area contributed by atoms with Crippen LogP contribution >= 0.6 is 11.6 Å². The average Bonchev–Trinajstić information content (AvgIpc) is 3.51. The van der Waals surface area contributed by atoms with Gasteiger partial charge in [-0.2, -0.15) is 0 Å². The summed E-state index contributed by atoms with van der Waals surface area (Å²) < 4.78 is 1.64. The summed E-state index contributed by atoms with van der Waals surface area (Å²) >= 11 is 5.80. The molecule has 1 saturated carbocycles. The van der Waals surface area contributed by atoms with Crippen LogP contribution in [0, 0.1) is 6.92 Å². The predicted molar refractivity (Wildman–Crippen MR) is 114 cm³/mol. The van der Waals surface area contributed by atoms with Crippen LogP contribution in [0.1, 0.15) is 40.7 Å². The number of amides is 1. The lowest BCUT2D eigenvalue weighted by atomic mass is 10.0. The Hall–Kier alpha value is -2.59. The number of carbonyl (C=O) groups excluding carboxylic acids is 1. The molecule has 0 aliphatic heterocycles. The highest BCUT2D eigenvalue weighted by molar-refractivity contribution is 6.17. The van der Waals surface area contributed by atoms with Crippen molar-refractivity contribution in [3.63, 3.8) is 0 Å². The quantitative estimate of drug-likeness (QED) is 0.631. The number of nitrogens with zero attached hydrogens (tertiary/aromatic N) is 1. The van der Waals surface area contributed by atoms with Gasteiger partial charge in [0, 0.05) is 29.1 Å². The number of benzene rings is 2. The van der Waals surface area contributed by atoms with Crippen molar-refractivity contribution in [1.29, 1.82) is 0 Å². The second kappa shape index (κ2) is 7.80. The molecule has 1 aromatic heterocycles.